The van der Waals surface area contributed by atoms with Gasteiger partial charge in [-0.15, -0.1) is 11.3 Å². The summed E-state index contributed by atoms with van der Waals surface area (Å²) >= 11 is 13.4. The van der Waals surface area contributed by atoms with Gasteiger partial charge in [-0.2, -0.15) is 0 Å². The number of thiophene rings is 1. The molecule has 0 aliphatic rings. The quantitative estimate of drug-likeness (QED) is 0.281. The first-order chi connectivity index (χ1) is 16.4. The average molecular weight is 511 g/mol. The third-order valence-corrected chi connectivity index (χ3v) is 6.56. The zero-order valence-corrected chi connectivity index (χ0v) is 20.2. The molecule has 0 bridgehead atoms. The maximum absolute atomic E-state index is 12.9. The first-order valence-corrected chi connectivity index (χ1v) is 11.9. The van der Waals surface area contributed by atoms with Crippen LogP contribution in [-0.4, -0.2) is 11.8 Å². The highest BCUT2D eigenvalue weighted by atomic mass is 35.5. The summed E-state index contributed by atoms with van der Waals surface area (Å²) in [6, 6.07) is 23.6. The number of anilines is 1. The SMILES string of the molecule is NC(=O)c1cc(Cc2ccccc2)sc1NC(=O)c1cccc(COc2ccc(Cl)cc2Cl)c1. The lowest BCUT2D eigenvalue weighted by Gasteiger charge is -2.10. The van der Waals surface area contributed by atoms with E-state index in [9.17, 15) is 9.59 Å². The molecule has 0 radical (unpaired) electrons. The van der Waals surface area contributed by atoms with Crippen LogP contribution in [0.1, 0.15) is 36.7 Å². The monoisotopic (exact) mass is 510 g/mol. The van der Waals surface area contributed by atoms with Crippen LogP contribution in [0, 0.1) is 0 Å². The van der Waals surface area contributed by atoms with E-state index in [0.717, 1.165) is 16.0 Å². The summed E-state index contributed by atoms with van der Waals surface area (Å²) in [7, 11) is 0. The van der Waals surface area contributed by atoms with Crippen molar-refractivity contribution in [1.29, 1.82) is 0 Å². The molecule has 0 aliphatic carbocycles. The van der Waals surface area contributed by atoms with Crippen molar-refractivity contribution in [2.45, 2.75) is 13.0 Å². The molecule has 0 atom stereocenters. The maximum atomic E-state index is 12.9. The minimum Gasteiger partial charge on any atom is -0.487 e. The molecule has 34 heavy (non-hydrogen) atoms. The zero-order valence-electron chi connectivity index (χ0n) is 17.9. The third kappa shape index (κ3) is 5.97. The van der Waals surface area contributed by atoms with Crippen LogP contribution >= 0.6 is 34.5 Å². The summed E-state index contributed by atoms with van der Waals surface area (Å²) in [5.74, 6) is -0.439. The van der Waals surface area contributed by atoms with Crippen molar-refractivity contribution in [1.82, 2.24) is 0 Å². The predicted molar refractivity (Wildman–Crippen MR) is 137 cm³/mol. The van der Waals surface area contributed by atoms with Crippen LogP contribution in [0.15, 0.2) is 78.9 Å². The molecular weight excluding hydrogens is 491 g/mol. The number of ether oxygens (including phenoxy) is 1. The second kappa shape index (κ2) is 10.7. The van der Waals surface area contributed by atoms with Crippen molar-refractivity contribution in [3.05, 3.63) is 116 Å². The fourth-order valence-corrected chi connectivity index (χ4v) is 4.89. The number of hydrogen-bond acceptors (Lipinski definition) is 4. The molecule has 5 nitrogen and oxygen atoms in total. The lowest BCUT2D eigenvalue weighted by Crippen LogP contribution is -2.16. The van der Waals surface area contributed by atoms with Gasteiger partial charge in [0.05, 0.1) is 10.6 Å². The summed E-state index contributed by atoms with van der Waals surface area (Å²) in [5, 5.41) is 4.19. The number of nitrogens with two attached hydrogens (primary N) is 1. The highest BCUT2D eigenvalue weighted by Crippen LogP contribution is 2.31. The number of carbonyl (C=O) groups excluding carboxylic acids is 2. The van der Waals surface area contributed by atoms with Gasteiger partial charge < -0.3 is 15.8 Å². The second-order valence-corrected chi connectivity index (χ2v) is 9.48. The van der Waals surface area contributed by atoms with Crippen LogP contribution in [0.25, 0.3) is 0 Å². The molecule has 0 fully saturated rings. The number of primary amides is 1. The summed E-state index contributed by atoms with van der Waals surface area (Å²) in [6.45, 7) is 0.217. The molecule has 0 saturated carbocycles. The Morgan fingerprint density at radius 3 is 2.41 bits per heavy atom. The predicted octanol–water partition coefficient (Wildman–Crippen LogP) is 6.58. The van der Waals surface area contributed by atoms with Gasteiger partial charge in [-0.3, -0.25) is 9.59 Å². The normalized spacial score (nSPS) is 10.6. The van der Waals surface area contributed by atoms with Gasteiger partial charge in [0, 0.05) is 21.9 Å². The fourth-order valence-electron chi connectivity index (χ4n) is 3.33. The van der Waals surface area contributed by atoms with E-state index in [1.54, 1.807) is 42.5 Å². The minimum absolute atomic E-state index is 0.217. The van der Waals surface area contributed by atoms with Crippen molar-refractivity contribution >= 4 is 51.4 Å². The molecular formula is C26H20Cl2N2O3S. The highest BCUT2D eigenvalue weighted by molar-refractivity contribution is 7.16. The fraction of sp³-hybridized carbons (Fsp3) is 0.0769. The van der Waals surface area contributed by atoms with Gasteiger partial charge in [-0.25, -0.2) is 0 Å². The van der Waals surface area contributed by atoms with Crippen molar-refractivity contribution in [2.24, 2.45) is 5.73 Å². The van der Waals surface area contributed by atoms with Gasteiger partial charge in [0.2, 0.25) is 0 Å². The molecule has 4 rings (SSSR count). The van der Waals surface area contributed by atoms with Crippen molar-refractivity contribution in [3.8, 4) is 5.75 Å². The number of amides is 2. The summed E-state index contributed by atoms with van der Waals surface area (Å²) in [5.41, 5.74) is 8.16. The Kier molecular flexibility index (Phi) is 7.53. The molecule has 2 amide bonds. The van der Waals surface area contributed by atoms with Crippen LogP contribution in [-0.2, 0) is 13.0 Å². The van der Waals surface area contributed by atoms with Gasteiger partial charge in [0.15, 0.2) is 0 Å². The highest BCUT2D eigenvalue weighted by Gasteiger charge is 2.17. The number of carbonyl (C=O) groups is 2. The summed E-state index contributed by atoms with van der Waals surface area (Å²) < 4.78 is 5.76. The number of benzene rings is 3. The maximum Gasteiger partial charge on any atom is 0.256 e. The van der Waals surface area contributed by atoms with Crippen LogP contribution in [0.3, 0.4) is 0 Å². The molecule has 3 N–H and O–H groups in total. The molecule has 8 heteroatoms. The van der Waals surface area contributed by atoms with Gasteiger partial charge in [0.1, 0.15) is 17.4 Å². The molecule has 0 saturated heterocycles. The van der Waals surface area contributed by atoms with E-state index in [4.69, 9.17) is 33.7 Å². The first-order valence-electron chi connectivity index (χ1n) is 10.3. The zero-order chi connectivity index (χ0) is 24.1. The number of rotatable bonds is 8. The van der Waals surface area contributed by atoms with Crippen LogP contribution in [0.4, 0.5) is 5.00 Å². The van der Waals surface area contributed by atoms with Crippen molar-refractivity contribution in [2.75, 3.05) is 5.32 Å². The van der Waals surface area contributed by atoms with E-state index in [1.807, 2.05) is 36.4 Å². The number of nitrogens with one attached hydrogen (secondary N) is 1. The molecule has 1 heterocycles. The lowest BCUT2D eigenvalue weighted by molar-refractivity contribution is 0.100. The van der Waals surface area contributed by atoms with Crippen LogP contribution in [0.2, 0.25) is 10.0 Å². The standard InChI is InChI=1S/C26H20Cl2N2O3S/c27-19-9-10-23(22(28)13-19)33-15-17-7-4-8-18(11-17)25(32)30-26-21(24(29)31)14-20(34-26)12-16-5-2-1-3-6-16/h1-11,13-14H,12,15H2,(H2,29,31)(H,30,32). The van der Waals surface area contributed by atoms with Gasteiger partial charge in [0.25, 0.3) is 11.8 Å². The second-order valence-electron chi connectivity index (χ2n) is 7.50. The van der Waals surface area contributed by atoms with E-state index in [2.05, 4.69) is 5.32 Å². The van der Waals surface area contributed by atoms with Gasteiger partial charge in [-0.1, -0.05) is 65.7 Å². The van der Waals surface area contributed by atoms with E-state index in [0.29, 0.717) is 38.3 Å². The van der Waals surface area contributed by atoms with Gasteiger partial charge in [-0.05, 0) is 47.5 Å². The van der Waals surface area contributed by atoms with Crippen molar-refractivity contribution in [3.63, 3.8) is 0 Å². The smallest absolute Gasteiger partial charge is 0.256 e. The lowest BCUT2D eigenvalue weighted by atomic mass is 10.1. The molecule has 4 aromatic rings. The van der Waals surface area contributed by atoms with Crippen LogP contribution < -0.4 is 15.8 Å². The summed E-state index contributed by atoms with van der Waals surface area (Å²) in [4.78, 5) is 25.8. The molecule has 0 unspecified atom stereocenters. The van der Waals surface area contributed by atoms with Crippen molar-refractivity contribution < 1.29 is 14.3 Å². The number of hydrogen-bond donors (Lipinski definition) is 2. The Labute approximate surface area is 211 Å². The molecule has 1 aromatic heterocycles. The Morgan fingerprint density at radius 2 is 1.68 bits per heavy atom. The number of halogens is 2. The first kappa shape index (κ1) is 23.8. The van der Waals surface area contributed by atoms with Crippen LogP contribution in [0.5, 0.6) is 5.75 Å². The van der Waals surface area contributed by atoms with E-state index in [1.165, 1.54) is 11.3 Å². The molecule has 3 aromatic carbocycles. The topological polar surface area (TPSA) is 81.4 Å². The Morgan fingerprint density at radius 1 is 0.912 bits per heavy atom. The van der Waals surface area contributed by atoms with E-state index in [-0.39, 0.29) is 12.5 Å². The average Bonchev–Trinajstić information content (AvgIpc) is 3.21. The molecule has 0 aliphatic heterocycles. The third-order valence-electron chi connectivity index (χ3n) is 4.97. The van der Waals surface area contributed by atoms with E-state index >= 15 is 0 Å². The molecule has 172 valence electrons. The Bertz CT molecular complexity index is 1340. The Hall–Kier alpha value is -3.32. The largest absolute Gasteiger partial charge is 0.487 e. The summed E-state index contributed by atoms with van der Waals surface area (Å²) in [6.07, 6.45) is 0.641. The van der Waals surface area contributed by atoms with E-state index < -0.39 is 5.91 Å². The molecule has 0 spiro atoms. The minimum atomic E-state index is -0.590. The Balaban J connectivity index is 1.47. The van der Waals surface area contributed by atoms with Gasteiger partial charge >= 0.3 is 0 Å².